The summed E-state index contributed by atoms with van der Waals surface area (Å²) >= 11 is 3.58. The Balaban J connectivity index is 2.36. The molecule has 2 rings (SSSR count). The second-order valence-corrected chi connectivity index (χ2v) is 4.76. The first-order chi connectivity index (χ1) is 8.26. The third-order valence-electron chi connectivity index (χ3n) is 2.82. The molecule has 0 saturated carbocycles. The molecule has 0 fully saturated rings. The molecule has 0 spiro atoms. The fraction of sp³-hybridized carbons (Fsp3) is 0.286. The highest BCUT2D eigenvalue weighted by molar-refractivity contribution is 9.10. The molecule has 1 heterocycles. The maximum absolute atomic E-state index is 5.81. The molecule has 0 amide bonds. The van der Waals surface area contributed by atoms with E-state index in [9.17, 15) is 0 Å². The third-order valence-corrected chi connectivity index (χ3v) is 3.54. The molecule has 0 radical (unpaired) electrons. The summed E-state index contributed by atoms with van der Waals surface area (Å²) in [6, 6.07) is 12.4. The first-order valence-electron chi connectivity index (χ1n) is 5.76. The lowest BCUT2D eigenvalue weighted by molar-refractivity contribution is 0.433. The molecule has 90 valence electrons. The summed E-state index contributed by atoms with van der Waals surface area (Å²) in [5.74, 6) is 1.98. The highest BCUT2D eigenvalue weighted by Gasteiger charge is 2.17. The Kier molecular flexibility index (Phi) is 4.02. The molecule has 1 aromatic carbocycles. The zero-order chi connectivity index (χ0) is 12.3. The number of hydrogen-bond acceptors (Lipinski definition) is 2. The van der Waals surface area contributed by atoms with Gasteiger partial charge >= 0.3 is 0 Å². The van der Waals surface area contributed by atoms with E-state index in [1.54, 1.807) is 0 Å². The molecular weight excluding hydrogens is 278 g/mol. The fourth-order valence-electron chi connectivity index (χ4n) is 1.90. The topological polar surface area (TPSA) is 25.2 Å². The minimum absolute atomic E-state index is 0.0888. The van der Waals surface area contributed by atoms with Gasteiger partial charge in [0.1, 0.15) is 11.5 Å². The van der Waals surface area contributed by atoms with Crippen molar-refractivity contribution in [3.05, 3.63) is 58.0 Å². The number of furan rings is 1. The fourth-order valence-corrected chi connectivity index (χ4v) is 2.41. The summed E-state index contributed by atoms with van der Waals surface area (Å²) in [7, 11) is 1.94. The van der Waals surface area contributed by atoms with Crippen LogP contribution in [0.1, 0.15) is 30.0 Å². The lowest BCUT2D eigenvalue weighted by atomic mass is 10.1. The van der Waals surface area contributed by atoms with Crippen molar-refractivity contribution in [1.29, 1.82) is 0 Å². The zero-order valence-corrected chi connectivity index (χ0v) is 11.6. The average Bonchev–Trinajstić information content (AvgIpc) is 2.81. The quantitative estimate of drug-likeness (QED) is 0.924. The van der Waals surface area contributed by atoms with Gasteiger partial charge in [0.05, 0.1) is 6.04 Å². The minimum atomic E-state index is 0.0888. The summed E-state index contributed by atoms with van der Waals surface area (Å²) in [5.41, 5.74) is 1.19. The van der Waals surface area contributed by atoms with E-state index in [0.717, 1.165) is 22.4 Å². The molecule has 2 aromatic rings. The predicted octanol–water partition coefficient (Wildman–Crippen LogP) is 3.91. The molecule has 1 aromatic heterocycles. The second-order valence-electron chi connectivity index (χ2n) is 3.90. The Hall–Kier alpha value is -1.06. The van der Waals surface area contributed by atoms with Crippen molar-refractivity contribution >= 4 is 15.9 Å². The SMILES string of the molecule is CCc1ccc(C(NC)c2ccccc2Br)o1. The highest BCUT2D eigenvalue weighted by Crippen LogP contribution is 2.29. The minimum Gasteiger partial charge on any atom is -0.464 e. The molecular formula is C14H16BrNO. The van der Waals surface area contributed by atoms with E-state index in [0.29, 0.717) is 0 Å². The van der Waals surface area contributed by atoms with Crippen molar-refractivity contribution < 1.29 is 4.42 Å². The van der Waals surface area contributed by atoms with Gasteiger partial charge in [-0.1, -0.05) is 41.1 Å². The second kappa shape index (κ2) is 5.52. The van der Waals surface area contributed by atoms with Gasteiger partial charge < -0.3 is 9.73 Å². The van der Waals surface area contributed by atoms with Crippen LogP contribution in [0.15, 0.2) is 45.3 Å². The lowest BCUT2D eigenvalue weighted by Crippen LogP contribution is -2.17. The lowest BCUT2D eigenvalue weighted by Gasteiger charge is -2.15. The number of nitrogens with one attached hydrogen (secondary N) is 1. The van der Waals surface area contributed by atoms with Gasteiger partial charge in [0.25, 0.3) is 0 Å². The third kappa shape index (κ3) is 2.61. The van der Waals surface area contributed by atoms with Crippen LogP contribution in [0.2, 0.25) is 0 Å². The summed E-state index contributed by atoms with van der Waals surface area (Å²) in [5, 5.41) is 3.29. The first kappa shape index (κ1) is 12.4. The standard InChI is InChI=1S/C14H16BrNO/c1-3-10-8-9-13(17-10)14(16-2)11-6-4-5-7-12(11)15/h4-9,14,16H,3H2,1-2H3. The van der Waals surface area contributed by atoms with Gasteiger partial charge in [-0.2, -0.15) is 0 Å². The largest absolute Gasteiger partial charge is 0.464 e. The normalized spacial score (nSPS) is 12.6. The molecule has 0 aliphatic heterocycles. The van der Waals surface area contributed by atoms with Crippen molar-refractivity contribution in [2.45, 2.75) is 19.4 Å². The number of rotatable bonds is 4. The van der Waals surface area contributed by atoms with Crippen molar-refractivity contribution in [3.63, 3.8) is 0 Å². The summed E-state index contributed by atoms with van der Waals surface area (Å²) in [6.07, 6.45) is 0.923. The Bertz CT molecular complexity index is 492. The van der Waals surface area contributed by atoms with Gasteiger partial charge in [0.15, 0.2) is 0 Å². The van der Waals surface area contributed by atoms with E-state index in [2.05, 4.69) is 34.2 Å². The van der Waals surface area contributed by atoms with E-state index in [-0.39, 0.29) is 6.04 Å². The number of aryl methyl sites for hydroxylation is 1. The summed E-state index contributed by atoms with van der Waals surface area (Å²) < 4.78 is 6.90. The van der Waals surface area contributed by atoms with Crippen LogP contribution in [0.4, 0.5) is 0 Å². The monoisotopic (exact) mass is 293 g/mol. The van der Waals surface area contributed by atoms with Crippen LogP contribution < -0.4 is 5.32 Å². The van der Waals surface area contributed by atoms with Gasteiger partial charge in [-0.25, -0.2) is 0 Å². The number of benzene rings is 1. The van der Waals surface area contributed by atoms with Gasteiger partial charge in [0, 0.05) is 10.9 Å². The van der Waals surface area contributed by atoms with Crippen LogP contribution in [-0.4, -0.2) is 7.05 Å². The smallest absolute Gasteiger partial charge is 0.125 e. The predicted molar refractivity (Wildman–Crippen MR) is 73.1 cm³/mol. The van der Waals surface area contributed by atoms with Crippen molar-refractivity contribution in [2.75, 3.05) is 7.05 Å². The van der Waals surface area contributed by atoms with Crippen molar-refractivity contribution in [3.8, 4) is 0 Å². The van der Waals surface area contributed by atoms with E-state index >= 15 is 0 Å². The van der Waals surface area contributed by atoms with E-state index in [1.165, 1.54) is 5.56 Å². The summed E-state index contributed by atoms with van der Waals surface area (Å²) in [4.78, 5) is 0. The van der Waals surface area contributed by atoms with Crippen LogP contribution >= 0.6 is 15.9 Å². The van der Waals surface area contributed by atoms with Crippen molar-refractivity contribution in [1.82, 2.24) is 5.32 Å². The van der Waals surface area contributed by atoms with Gasteiger partial charge in [-0.15, -0.1) is 0 Å². The van der Waals surface area contributed by atoms with Crippen molar-refractivity contribution in [2.24, 2.45) is 0 Å². The summed E-state index contributed by atoms with van der Waals surface area (Å²) in [6.45, 7) is 2.09. The van der Waals surface area contributed by atoms with Crippen LogP contribution in [0.3, 0.4) is 0 Å². The molecule has 0 aliphatic rings. The van der Waals surface area contributed by atoms with Crippen LogP contribution in [0.5, 0.6) is 0 Å². The molecule has 1 unspecified atom stereocenters. The van der Waals surface area contributed by atoms with Gasteiger partial charge in [-0.05, 0) is 30.8 Å². The van der Waals surface area contributed by atoms with Crippen LogP contribution in [0.25, 0.3) is 0 Å². The Labute approximate surface area is 110 Å². The Morgan fingerprint density at radius 2 is 2.00 bits per heavy atom. The highest BCUT2D eigenvalue weighted by atomic mass is 79.9. The molecule has 2 nitrogen and oxygen atoms in total. The molecule has 1 N–H and O–H groups in total. The Morgan fingerprint density at radius 3 is 2.59 bits per heavy atom. The molecule has 1 atom stereocenters. The molecule has 17 heavy (non-hydrogen) atoms. The maximum Gasteiger partial charge on any atom is 0.125 e. The van der Waals surface area contributed by atoms with Gasteiger partial charge in [-0.3, -0.25) is 0 Å². The Morgan fingerprint density at radius 1 is 1.24 bits per heavy atom. The van der Waals surface area contributed by atoms with E-state index < -0.39 is 0 Å². The maximum atomic E-state index is 5.81. The number of halogens is 1. The van der Waals surface area contributed by atoms with Crippen LogP contribution in [0, 0.1) is 0 Å². The van der Waals surface area contributed by atoms with E-state index in [4.69, 9.17) is 4.42 Å². The first-order valence-corrected chi connectivity index (χ1v) is 6.55. The molecule has 0 aliphatic carbocycles. The number of hydrogen-bond donors (Lipinski definition) is 1. The molecule has 0 bridgehead atoms. The van der Waals surface area contributed by atoms with Crippen LogP contribution in [-0.2, 0) is 6.42 Å². The molecule has 0 saturated heterocycles. The van der Waals surface area contributed by atoms with E-state index in [1.807, 2.05) is 37.4 Å². The molecule has 3 heteroatoms. The average molecular weight is 294 g/mol. The zero-order valence-electron chi connectivity index (χ0n) is 10.0. The van der Waals surface area contributed by atoms with Gasteiger partial charge in [0.2, 0.25) is 0 Å².